The van der Waals surface area contributed by atoms with Gasteiger partial charge in [-0.3, -0.25) is 4.79 Å². The Morgan fingerprint density at radius 3 is 2.50 bits per heavy atom. The first-order valence-electron chi connectivity index (χ1n) is 8.37. The maximum Gasteiger partial charge on any atom is 0.248 e. The third-order valence-corrected chi connectivity index (χ3v) is 4.35. The molecular formula is C16H25N5O3. The number of anilines is 2. The second kappa shape index (κ2) is 7.76. The van der Waals surface area contributed by atoms with Gasteiger partial charge in [0.1, 0.15) is 12.4 Å². The molecule has 2 aliphatic heterocycles. The Bertz CT molecular complexity index is 569. The lowest BCUT2D eigenvalue weighted by Gasteiger charge is -2.36. The van der Waals surface area contributed by atoms with E-state index in [4.69, 9.17) is 14.5 Å². The van der Waals surface area contributed by atoms with Crippen LogP contribution in [0, 0.1) is 6.92 Å². The molecule has 0 spiro atoms. The molecule has 0 aromatic carbocycles. The maximum atomic E-state index is 11.9. The molecule has 3 rings (SSSR count). The summed E-state index contributed by atoms with van der Waals surface area (Å²) in [5.41, 5.74) is 0.958. The fraction of sp³-hybridized carbons (Fsp3) is 0.688. The minimum Gasteiger partial charge on any atom is -0.378 e. The van der Waals surface area contributed by atoms with Gasteiger partial charge in [0.2, 0.25) is 11.9 Å². The first kappa shape index (κ1) is 16.9. The topological polar surface area (TPSA) is 71.0 Å². The van der Waals surface area contributed by atoms with Crippen molar-refractivity contribution in [1.82, 2.24) is 14.9 Å². The molecule has 0 saturated carbocycles. The summed E-state index contributed by atoms with van der Waals surface area (Å²) in [6.07, 6.45) is 0. The number of ether oxygens (including phenoxy) is 2. The molecule has 1 aromatic heterocycles. The van der Waals surface area contributed by atoms with Crippen LogP contribution in [0.1, 0.15) is 5.69 Å². The molecule has 2 saturated heterocycles. The Labute approximate surface area is 142 Å². The van der Waals surface area contributed by atoms with Gasteiger partial charge in [0.25, 0.3) is 0 Å². The van der Waals surface area contributed by atoms with Gasteiger partial charge in [-0.15, -0.1) is 0 Å². The normalized spacial score (nSPS) is 18.8. The maximum absolute atomic E-state index is 11.9. The molecule has 3 heterocycles. The van der Waals surface area contributed by atoms with E-state index >= 15 is 0 Å². The number of hydrogen-bond acceptors (Lipinski definition) is 7. The van der Waals surface area contributed by atoms with Crippen molar-refractivity contribution in [2.75, 3.05) is 76.0 Å². The lowest BCUT2D eigenvalue weighted by molar-refractivity contribution is -0.135. The van der Waals surface area contributed by atoms with Crippen LogP contribution in [0.3, 0.4) is 0 Å². The molecule has 132 valence electrons. The highest BCUT2D eigenvalue weighted by atomic mass is 16.5. The van der Waals surface area contributed by atoms with Crippen molar-refractivity contribution >= 4 is 17.7 Å². The number of rotatable bonds is 4. The Balaban J connectivity index is 1.67. The molecule has 0 bridgehead atoms. The lowest BCUT2D eigenvalue weighted by atomic mass is 10.3. The first-order chi connectivity index (χ1) is 11.7. The van der Waals surface area contributed by atoms with Gasteiger partial charge in [-0.2, -0.15) is 4.98 Å². The van der Waals surface area contributed by atoms with Crippen LogP contribution in [0.15, 0.2) is 6.07 Å². The quantitative estimate of drug-likeness (QED) is 0.762. The number of amides is 1. The smallest absolute Gasteiger partial charge is 0.248 e. The van der Waals surface area contributed by atoms with Crippen LogP contribution in [0.2, 0.25) is 0 Å². The zero-order valence-corrected chi connectivity index (χ0v) is 14.4. The van der Waals surface area contributed by atoms with E-state index in [0.29, 0.717) is 26.3 Å². The summed E-state index contributed by atoms with van der Waals surface area (Å²) in [7, 11) is 1.55. The summed E-state index contributed by atoms with van der Waals surface area (Å²) in [6.45, 7) is 8.14. The van der Waals surface area contributed by atoms with Crippen molar-refractivity contribution in [3.63, 3.8) is 0 Å². The zero-order valence-electron chi connectivity index (χ0n) is 14.4. The minimum atomic E-state index is 0.0463. The van der Waals surface area contributed by atoms with Crippen LogP contribution in [0.5, 0.6) is 0 Å². The van der Waals surface area contributed by atoms with E-state index in [-0.39, 0.29) is 12.5 Å². The van der Waals surface area contributed by atoms with E-state index in [2.05, 4.69) is 14.8 Å². The van der Waals surface area contributed by atoms with Crippen LogP contribution < -0.4 is 9.80 Å². The monoisotopic (exact) mass is 335 g/mol. The summed E-state index contributed by atoms with van der Waals surface area (Å²) in [4.78, 5) is 27.4. The van der Waals surface area contributed by atoms with Crippen molar-refractivity contribution in [2.45, 2.75) is 6.92 Å². The molecular weight excluding hydrogens is 310 g/mol. The molecule has 0 radical (unpaired) electrons. The first-order valence-corrected chi connectivity index (χ1v) is 8.37. The van der Waals surface area contributed by atoms with Crippen LogP contribution >= 0.6 is 0 Å². The number of hydrogen-bond donors (Lipinski definition) is 0. The lowest BCUT2D eigenvalue weighted by Crippen LogP contribution is -2.50. The van der Waals surface area contributed by atoms with E-state index in [9.17, 15) is 4.79 Å². The number of methoxy groups -OCH3 is 1. The SMILES string of the molecule is COCC(=O)N1CCN(c2cc(C)nc(N3CCOCC3)n2)CC1. The zero-order chi connectivity index (χ0) is 16.9. The summed E-state index contributed by atoms with van der Waals surface area (Å²) in [5, 5.41) is 0. The number of aromatic nitrogens is 2. The second-order valence-corrected chi connectivity index (χ2v) is 6.07. The van der Waals surface area contributed by atoms with Crippen molar-refractivity contribution in [1.29, 1.82) is 0 Å². The molecule has 24 heavy (non-hydrogen) atoms. The minimum absolute atomic E-state index is 0.0463. The van der Waals surface area contributed by atoms with Gasteiger partial charge in [0, 0.05) is 58.1 Å². The average molecular weight is 335 g/mol. The van der Waals surface area contributed by atoms with E-state index in [1.807, 2.05) is 17.9 Å². The summed E-state index contributed by atoms with van der Waals surface area (Å²) < 4.78 is 10.3. The molecule has 2 aliphatic rings. The van der Waals surface area contributed by atoms with Gasteiger partial charge in [0.05, 0.1) is 13.2 Å². The van der Waals surface area contributed by atoms with Crippen LogP contribution in [-0.2, 0) is 14.3 Å². The molecule has 0 aliphatic carbocycles. The Hall–Kier alpha value is -1.93. The number of aryl methyl sites for hydroxylation is 1. The fourth-order valence-corrected chi connectivity index (χ4v) is 3.00. The number of piperazine rings is 1. The third kappa shape index (κ3) is 3.93. The Morgan fingerprint density at radius 1 is 1.12 bits per heavy atom. The highest BCUT2D eigenvalue weighted by Crippen LogP contribution is 2.19. The van der Waals surface area contributed by atoms with Gasteiger partial charge in [-0.1, -0.05) is 0 Å². The molecule has 0 N–H and O–H groups in total. The summed E-state index contributed by atoms with van der Waals surface area (Å²) in [5.74, 6) is 1.75. The molecule has 1 aromatic rings. The second-order valence-electron chi connectivity index (χ2n) is 6.07. The fourth-order valence-electron chi connectivity index (χ4n) is 3.00. The molecule has 8 heteroatoms. The van der Waals surface area contributed by atoms with Gasteiger partial charge in [-0.25, -0.2) is 4.98 Å². The summed E-state index contributed by atoms with van der Waals surface area (Å²) in [6, 6.07) is 2.01. The van der Waals surface area contributed by atoms with Crippen molar-refractivity contribution < 1.29 is 14.3 Å². The largest absolute Gasteiger partial charge is 0.378 e. The number of carbonyl (C=O) groups excluding carboxylic acids is 1. The molecule has 2 fully saturated rings. The van der Waals surface area contributed by atoms with E-state index < -0.39 is 0 Å². The summed E-state index contributed by atoms with van der Waals surface area (Å²) >= 11 is 0. The van der Waals surface area contributed by atoms with Crippen molar-refractivity contribution in [3.05, 3.63) is 11.8 Å². The Morgan fingerprint density at radius 2 is 1.83 bits per heavy atom. The van der Waals surface area contributed by atoms with Crippen LogP contribution in [0.25, 0.3) is 0 Å². The number of carbonyl (C=O) groups is 1. The molecule has 8 nitrogen and oxygen atoms in total. The van der Waals surface area contributed by atoms with E-state index in [1.165, 1.54) is 0 Å². The van der Waals surface area contributed by atoms with Gasteiger partial charge >= 0.3 is 0 Å². The van der Waals surface area contributed by atoms with Crippen molar-refractivity contribution in [2.24, 2.45) is 0 Å². The molecule has 0 unspecified atom stereocenters. The van der Waals surface area contributed by atoms with E-state index in [0.717, 1.165) is 43.6 Å². The number of morpholine rings is 1. The predicted molar refractivity (Wildman–Crippen MR) is 90.5 cm³/mol. The van der Waals surface area contributed by atoms with Crippen LogP contribution in [0.4, 0.5) is 11.8 Å². The average Bonchev–Trinajstić information content (AvgIpc) is 2.62. The highest BCUT2D eigenvalue weighted by Gasteiger charge is 2.23. The third-order valence-electron chi connectivity index (χ3n) is 4.35. The van der Waals surface area contributed by atoms with Gasteiger partial charge in [-0.05, 0) is 6.92 Å². The molecule has 0 atom stereocenters. The predicted octanol–water partition coefficient (Wildman–Crippen LogP) is -0.0834. The van der Waals surface area contributed by atoms with Crippen LogP contribution in [-0.4, -0.2) is 87.0 Å². The number of nitrogens with zero attached hydrogens (tertiary/aromatic N) is 5. The Kier molecular flexibility index (Phi) is 5.47. The van der Waals surface area contributed by atoms with Crippen molar-refractivity contribution in [3.8, 4) is 0 Å². The van der Waals surface area contributed by atoms with Gasteiger partial charge < -0.3 is 24.2 Å². The van der Waals surface area contributed by atoms with E-state index in [1.54, 1.807) is 7.11 Å². The molecule has 1 amide bonds. The standard InChI is InChI=1S/C16H25N5O3/c1-13-11-14(18-16(17-13)21-7-9-24-10-8-21)19-3-5-20(6-4-19)15(22)12-23-2/h11H,3-10,12H2,1-2H3. The van der Waals surface area contributed by atoms with Gasteiger partial charge in [0.15, 0.2) is 0 Å². The highest BCUT2D eigenvalue weighted by molar-refractivity contribution is 5.77.